The van der Waals surface area contributed by atoms with Crippen molar-refractivity contribution in [3.05, 3.63) is 23.8 Å². The molecule has 0 aliphatic rings. The van der Waals surface area contributed by atoms with E-state index in [0.717, 1.165) is 0 Å². The van der Waals surface area contributed by atoms with Crippen LogP contribution in [0, 0.1) is 0 Å². The van der Waals surface area contributed by atoms with Crippen LogP contribution < -0.4 is 0 Å². The van der Waals surface area contributed by atoms with E-state index in [9.17, 15) is 4.79 Å². The summed E-state index contributed by atoms with van der Waals surface area (Å²) in [7, 11) is 0. The number of aliphatic hydroxyl groups is 2. The maximum atomic E-state index is 10.4. The SMILES string of the molecule is CC(=O)/C=C/C=C(/C)[C@H](O)CO. The van der Waals surface area contributed by atoms with Crippen molar-refractivity contribution >= 4 is 5.78 Å². The number of rotatable bonds is 4. The first-order valence-electron chi connectivity index (χ1n) is 3.72. The third kappa shape index (κ3) is 4.82. The van der Waals surface area contributed by atoms with Crippen molar-refractivity contribution in [3.63, 3.8) is 0 Å². The molecule has 0 aliphatic carbocycles. The van der Waals surface area contributed by atoms with Crippen molar-refractivity contribution in [2.24, 2.45) is 0 Å². The summed E-state index contributed by atoms with van der Waals surface area (Å²) in [5.74, 6) is -0.0439. The lowest BCUT2D eigenvalue weighted by Crippen LogP contribution is -2.12. The molecule has 0 aromatic heterocycles. The largest absolute Gasteiger partial charge is 0.393 e. The molecule has 0 amide bonds. The van der Waals surface area contributed by atoms with Gasteiger partial charge in [-0.05, 0) is 25.5 Å². The monoisotopic (exact) mass is 170 g/mol. The maximum Gasteiger partial charge on any atom is 0.152 e. The van der Waals surface area contributed by atoms with Crippen LogP contribution in [0.4, 0.5) is 0 Å². The molecule has 0 heterocycles. The first kappa shape index (κ1) is 11.1. The summed E-state index contributed by atoms with van der Waals surface area (Å²) in [6.07, 6.45) is 3.72. The average molecular weight is 170 g/mol. The van der Waals surface area contributed by atoms with Crippen LogP contribution in [0.15, 0.2) is 23.8 Å². The van der Waals surface area contributed by atoms with Gasteiger partial charge in [-0.25, -0.2) is 0 Å². The number of aliphatic hydroxyl groups excluding tert-OH is 2. The van der Waals surface area contributed by atoms with Crippen molar-refractivity contribution in [1.29, 1.82) is 0 Å². The van der Waals surface area contributed by atoms with Gasteiger partial charge in [0.25, 0.3) is 0 Å². The van der Waals surface area contributed by atoms with Gasteiger partial charge in [0.2, 0.25) is 0 Å². The molecule has 0 spiro atoms. The third-order valence-corrected chi connectivity index (χ3v) is 1.39. The van der Waals surface area contributed by atoms with Crippen molar-refractivity contribution < 1.29 is 15.0 Å². The van der Waals surface area contributed by atoms with E-state index in [1.165, 1.54) is 13.0 Å². The van der Waals surface area contributed by atoms with Crippen LogP contribution in [0.3, 0.4) is 0 Å². The van der Waals surface area contributed by atoms with Gasteiger partial charge in [-0.3, -0.25) is 4.79 Å². The lowest BCUT2D eigenvalue weighted by molar-refractivity contribution is -0.112. The second-order valence-corrected chi connectivity index (χ2v) is 2.58. The van der Waals surface area contributed by atoms with Crippen LogP contribution in [-0.2, 0) is 4.79 Å². The Balaban J connectivity index is 4.08. The van der Waals surface area contributed by atoms with E-state index in [4.69, 9.17) is 10.2 Å². The average Bonchev–Trinajstić information content (AvgIpc) is 2.02. The van der Waals surface area contributed by atoms with Crippen LogP contribution in [0.1, 0.15) is 13.8 Å². The van der Waals surface area contributed by atoms with Gasteiger partial charge in [0.1, 0.15) is 0 Å². The Kier molecular flexibility index (Phi) is 5.25. The van der Waals surface area contributed by atoms with E-state index in [1.807, 2.05) is 0 Å². The first-order chi connectivity index (χ1) is 5.57. The molecule has 0 aromatic rings. The van der Waals surface area contributed by atoms with Crippen LogP contribution in [-0.4, -0.2) is 28.7 Å². The summed E-state index contributed by atoms with van der Waals surface area (Å²) in [6.45, 7) is 2.84. The minimum Gasteiger partial charge on any atom is -0.393 e. The number of hydrogen-bond acceptors (Lipinski definition) is 3. The van der Waals surface area contributed by atoms with Gasteiger partial charge in [-0.1, -0.05) is 12.2 Å². The molecule has 0 saturated carbocycles. The molecular formula is C9H14O3. The standard InChI is InChI=1S/C9H14O3/c1-7(9(12)6-10)4-3-5-8(2)11/h3-5,9-10,12H,6H2,1-2H3/b5-3+,7-4-/t9-/m1/s1. The summed E-state index contributed by atoms with van der Waals surface area (Å²) in [5, 5.41) is 17.6. The molecule has 0 rings (SSSR count). The van der Waals surface area contributed by atoms with Crippen molar-refractivity contribution in [2.75, 3.05) is 6.61 Å². The highest BCUT2D eigenvalue weighted by Gasteiger charge is 2.01. The summed E-state index contributed by atoms with van der Waals surface area (Å²) in [6, 6.07) is 0. The van der Waals surface area contributed by atoms with Gasteiger partial charge < -0.3 is 10.2 Å². The summed E-state index contributed by atoms with van der Waals surface area (Å²) < 4.78 is 0. The zero-order chi connectivity index (χ0) is 9.56. The first-order valence-corrected chi connectivity index (χ1v) is 3.72. The van der Waals surface area contributed by atoms with Gasteiger partial charge in [0.15, 0.2) is 5.78 Å². The molecule has 0 radical (unpaired) electrons. The second kappa shape index (κ2) is 5.69. The lowest BCUT2D eigenvalue weighted by atomic mass is 10.1. The highest BCUT2D eigenvalue weighted by atomic mass is 16.3. The summed E-state index contributed by atoms with van der Waals surface area (Å²) in [5.41, 5.74) is 0.634. The second-order valence-electron chi connectivity index (χ2n) is 2.58. The molecule has 0 saturated heterocycles. The predicted octanol–water partition coefficient (Wildman–Crippen LogP) is 0.431. The van der Waals surface area contributed by atoms with E-state index in [2.05, 4.69) is 0 Å². The van der Waals surface area contributed by atoms with Gasteiger partial charge in [-0.15, -0.1) is 0 Å². The molecule has 3 nitrogen and oxygen atoms in total. The minimum atomic E-state index is -0.832. The summed E-state index contributed by atoms with van der Waals surface area (Å²) >= 11 is 0. The highest BCUT2D eigenvalue weighted by Crippen LogP contribution is 1.99. The Morgan fingerprint density at radius 2 is 2.08 bits per heavy atom. The lowest BCUT2D eigenvalue weighted by Gasteiger charge is -2.04. The van der Waals surface area contributed by atoms with E-state index >= 15 is 0 Å². The van der Waals surface area contributed by atoms with Crippen LogP contribution in [0.25, 0.3) is 0 Å². The quantitative estimate of drug-likeness (QED) is 0.475. The van der Waals surface area contributed by atoms with Gasteiger partial charge in [0.05, 0.1) is 12.7 Å². The smallest absolute Gasteiger partial charge is 0.152 e. The number of ketones is 1. The molecule has 2 N–H and O–H groups in total. The highest BCUT2D eigenvalue weighted by molar-refractivity contribution is 5.87. The number of allylic oxidation sites excluding steroid dienone is 3. The third-order valence-electron chi connectivity index (χ3n) is 1.39. The van der Waals surface area contributed by atoms with E-state index in [-0.39, 0.29) is 12.4 Å². The Bertz CT molecular complexity index is 204. The molecule has 0 bridgehead atoms. The molecule has 0 aliphatic heterocycles. The molecule has 68 valence electrons. The van der Waals surface area contributed by atoms with E-state index in [1.54, 1.807) is 19.1 Å². The van der Waals surface area contributed by atoms with Gasteiger partial charge in [0, 0.05) is 0 Å². The van der Waals surface area contributed by atoms with Gasteiger partial charge in [-0.2, -0.15) is 0 Å². The topological polar surface area (TPSA) is 57.5 Å². The molecule has 0 fully saturated rings. The number of carbonyl (C=O) groups excluding carboxylic acids is 1. The Labute approximate surface area is 72.0 Å². The van der Waals surface area contributed by atoms with E-state index < -0.39 is 6.10 Å². The number of carbonyl (C=O) groups is 1. The van der Waals surface area contributed by atoms with Crippen LogP contribution in [0.5, 0.6) is 0 Å². The van der Waals surface area contributed by atoms with Crippen molar-refractivity contribution in [2.45, 2.75) is 20.0 Å². The molecule has 0 aromatic carbocycles. The Morgan fingerprint density at radius 3 is 2.50 bits per heavy atom. The molecule has 0 unspecified atom stereocenters. The normalized spacial score (nSPS) is 15.2. The Hall–Kier alpha value is -0.930. The Morgan fingerprint density at radius 1 is 1.50 bits per heavy atom. The van der Waals surface area contributed by atoms with E-state index in [0.29, 0.717) is 5.57 Å². The zero-order valence-electron chi connectivity index (χ0n) is 7.32. The fourth-order valence-electron chi connectivity index (χ4n) is 0.590. The molecular weight excluding hydrogens is 156 g/mol. The predicted molar refractivity (Wildman–Crippen MR) is 46.7 cm³/mol. The fourth-order valence-corrected chi connectivity index (χ4v) is 0.590. The molecule has 3 heteroatoms. The molecule has 12 heavy (non-hydrogen) atoms. The summed E-state index contributed by atoms with van der Waals surface area (Å²) in [4.78, 5) is 10.4. The van der Waals surface area contributed by atoms with Crippen LogP contribution >= 0.6 is 0 Å². The van der Waals surface area contributed by atoms with Gasteiger partial charge >= 0.3 is 0 Å². The van der Waals surface area contributed by atoms with Crippen LogP contribution in [0.2, 0.25) is 0 Å². The fraction of sp³-hybridized carbons (Fsp3) is 0.444. The van der Waals surface area contributed by atoms with Crippen molar-refractivity contribution in [3.8, 4) is 0 Å². The number of hydrogen-bond donors (Lipinski definition) is 2. The van der Waals surface area contributed by atoms with Crippen molar-refractivity contribution in [1.82, 2.24) is 0 Å². The molecule has 1 atom stereocenters. The minimum absolute atomic E-state index is 0.0439. The zero-order valence-corrected chi connectivity index (χ0v) is 7.32. The maximum absolute atomic E-state index is 10.4.